The average molecular weight is 241 g/mol. The van der Waals surface area contributed by atoms with E-state index in [2.05, 4.69) is 30.3 Å². The van der Waals surface area contributed by atoms with Crippen molar-refractivity contribution in [3.05, 3.63) is 11.8 Å². The highest BCUT2D eigenvalue weighted by Gasteiger charge is 2.04. The van der Waals surface area contributed by atoms with Gasteiger partial charge in [-0.1, -0.05) is 13.8 Å². The van der Waals surface area contributed by atoms with Gasteiger partial charge in [0.2, 0.25) is 0 Å². The van der Waals surface area contributed by atoms with Gasteiger partial charge >= 0.3 is 0 Å². The summed E-state index contributed by atoms with van der Waals surface area (Å²) in [5.74, 6) is 1.11. The maximum Gasteiger partial charge on any atom is 0.0939 e. The topological polar surface area (TPSA) is 29.9 Å². The standard InChI is InChI=1S/C12H23N3S/c1-5-11(6-2)13-7-8-16-12-9-10(3)14-15(12)4/h9,11,13H,5-8H2,1-4H3. The van der Waals surface area contributed by atoms with Crippen LogP contribution >= 0.6 is 11.8 Å². The first kappa shape index (κ1) is 13.6. The fourth-order valence-corrected chi connectivity index (χ4v) is 2.63. The molecule has 3 nitrogen and oxygen atoms in total. The zero-order valence-electron chi connectivity index (χ0n) is 10.8. The summed E-state index contributed by atoms with van der Waals surface area (Å²) in [7, 11) is 2.00. The number of hydrogen-bond acceptors (Lipinski definition) is 3. The van der Waals surface area contributed by atoms with Crippen LogP contribution in [0.3, 0.4) is 0 Å². The van der Waals surface area contributed by atoms with Crippen LogP contribution in [-0.4, -0.2) is 28.1 Å². The first-order chi connectivity index (χ1) is 7.67. The molecular formula is C12H23N3S. The summed E-state index contributed by atoms with van der Waals surface area (Å²) >= 11 is 1.87. The molecule has 92 valence electrons. The number of aryl methyl sites for hydroxylation is 2. The highest BCUT2D eigenvalue weighted by molar-refractivity contribution is 7.99. The molecule has 0 bridgehead atoms. The first-order valence-electron chi connectivity index (χ1n) is 6.04. The van der Waals surface area contributed by atoms with E-state index in [0.717, 1.165) is 18.0 Å². The van der Waals surface area contributed by atoms with Crippen LogP contribution in [0.2, 0.25) is 0 Å². The molecule has 0 saturated heterocycles. The Kier molecular flexibility index (Phi) is 5.91. The summed E-state index contributed by atoms with van der Waals surface area (Å²) in [6.07, 6.45) is 2.43. The van der Waals surface area contributed by atoms with Crippen LogP contribution in [0, 0.1) is 6.92 Å². The predicted octanol–water partition coefficient (Wildman–Crippen LogP) is 2.60. The van der Waals surface area contributed by atoms with E-state index in [1.165, 1.54) is 17.9 Å². The van der Waals surface area contributed by atoms with Gasteiger partial charge in [0.1, 0.15) is 0 Å². The summed E-state index contributed by atoms with van der Waals surface area (Å²) in [5.41, 5.74) is 1.10. The minimum Gasteiger partial charge on any atom is -0.313 e. The minimum atomic E-state index is 0.675. The molecule has 1 N–H and O–H groups in total. The number of aromatic nitrogens is 2. The zero-order valence-corrected chi connectivity index (χ0v) is 11.6. The Labute approximate surface area is 103 Å². The van der Waals surface area contributed by atoms with E-state index in [9.17, 15) is 0 Å². The number of hydrogen-bond donors (Lipinski definition) is 1. The second kappa shape index (κ2) is 6.97. The average Bonchev–Trinajstić information content (AvgIpc) is 2.58. The number of thioether (sulfide) groups is 1. The van der Waals surface area contributed by atoms with E-state index in [0.29, 0.717) is 6.04 Å². The van der Waals surface area contributed by atoms with E-state index in [1.807, 2.05) is 30.4 Å². The SMILES string of the molecule is CCC(CC)NCCSc1cc(C)nn1C. The molecule has 0 aliphatic heterocycles. The Morgan fingerprint density at radius 3 is 2.62 bits per heavy atom. The van der Waals surface area contributed by atoms with Gasteiger partial charge < -0.3 is 5.32 Å². The predicted molar refractivity (Wildman–Crippen MR) is 71.0 cm³/mol. The third-order valence-electron chi connectivity index (χ3n) is 2.73. The lowest BCUT2D eigenvalue weighted by Gasteiger charge is -2.13. The Bertz CT molecular complexity index is 305. The molecule has 0 aliphatic carbocycles. The summed E-state index contributed by atoms with van der Waals surface area (Å²) in [6.45, 7) is 7.57. The smallest absolute Gasteiger partial charge is 0.0939 e. The van der Waals surface area contributed by atoms with Gasteiger partial charge in [-0.2, -0.15) is 5.10 Å². The molecule has 1 aromatic rings. The number of nitrogens with one attached hydrogen (secondary N) is 1. The third kappa shape index (κ3) is 4.18. The maximum atomic E-state index is 4.33. The van der Waals surface area contributed by atoms with Crippen LogP contribution < -0.4 is 5.32 Å². The van der Waals surface area contributed by atoms with Gasteiger partial charge in [0, 0.05) is 25.4 Å². The Morgan fingerprint density at radius 1 is 1.44 bits per heavy atom. The molecule has 0 unspecified atom stereocenters. The van der Waals surface area contributed by atoms with E-state index >= 15 is 0 Å². The quantitative estimate of drug-likeness (QED) is 0.588. The minimum absolute atomic E-state index is 0.675. The second-order valence-electron chi connectivity index (χ2n) is 4.06. The maximum absolute atomic E-state index is 4.33. The Hall–Kier alpha value is -0.480. The molecule has 0 amide bonds. The van der Waals surface area contributed by atoms with Crippen LogP contribution in [0.25, 0.3) is 0 Å². The summed E-state index contributed by atoms with van der Waals surface area (Å²) in [4.78, 5) is 0. The van der Waals surface area contributed by atoms with Crippen molar-refractivity contribution in [1.29, 1.82) is 0 Å². The fraction of sp³-hybridized carbons (Fsp3) is 0.750. The number of rotatable bonds is 7. The largest absolute Gasteiger partial charge is 0.313 e. The molecule has 0 aliphatic rings. The van der Waals surface area contributed by atoms with E-state index < -0.39 is 0 Å². The Morgan fingerprint density at radius 2 is 2.12 bits per heavy atom. The van der Waals surface area contributed by atoms with E-state index in [4.69, 9.17) is 0 Å². The van der Waals surface area contributed by atoms with Crippen molar-refractivity contribution in [2.24, 2.45) is 7.05 Å². The lowest BCUT2D eigenvalue weighted by Crippen LogP contribution is -2.29. The van der Waals surface area contributed by atoms with Gasteiger partial charge in [0.05, 0.1) is 10.7 Å². The van der Waals surface area contributed by atoms with Crippen LogP contribution in [0.4, 0.5) is 0 Å². The normalized spacial score (nSPS) is 11.3. The lowest BCUT2D eigenvalue weighted by molar-refractivity contribution is 0.501. The van der Waals surface area contributed by atoms with Crippen molar-refractivity contribution < 1.29 is 0 Å². The van der Waals surface area contributed by atoms with Gasteiger partial charge in [-0.3, -0.25) is 4.68 Å². The molecule has 0 fully saturated rings. The van der Waals surface area contributed by atoms with E-state index in [-0.39, 0.29) is 0 Å². The second-order valence-corrected chi connectivity index (χ2v) is 5.18. The lowest BCUT2D eigenvalue weighted by atomic mass is 10.2. The van der Waals surface area contributed by atoms with Crippen LogP contribution in [0.5, 0.6) is 0 Å². The molecule has 4 heteroatoms. The van der Waals surface area contributed by atoms with Crippen LogP contribution in [0.1, 0.15) is 32.4 Å². The summed E-state index contributed by atoms with van der Waals surface area (Å²) < 4.78 is 1.96. The Balaban J connectivity index is 2.23. The van der Waals surface area contributed by atoms with Gasteiger partial charge in [-0.05, 0) is 25.8 Å². The molecule has 0 atom stereocenters. The molecule has 0 aromatic carbocycles. The summed E-state index contributed by atoms with van der Waals surface area (Å²) in [5, 5.41) is 9.15. The van der Waals surface area contributed by atoms with Crippen molar-refractivity contribution in [3.63, 3.8) is 0 Å². The molecule has 1 aromatic heterocycles. The molecule has 16 heavy (non-hydrogen) atoms. The molecular weight excluding hydrogens is 218 g/mol. The van der Waals surface area contributed by atoms with Crippen molar-refractivity contribution in [2.75, 3.05) is 12.3 Å². The van der Waals surface area contributed by atoms with Crippen molar-refractivity contribution in [3.8, 4) is 0 Å². The molecule has 0 radical (unpaired) electrons. The van der Waals surface area contributed by atoms with Crippen molar-refractivity contribution in [2.45, 2.75) is 44.7 Å². The zero-order chi connectivity index (χ0) is 12.0. The van der Waals surface area contributed by atoms with E-state index in [1.54, 1.807) is 0 Å². The molecule has 1 rings (SSSR count). The highest BCUT2D eigenvalue weighted by atomic mass is 32.2. The van der Waals surface area contributed by atoms with Crippen LogP contribution in [-0.2, 0) is 7.05 Å². The van der Waals surface area contributed by atoms with Gasteiger partial charge in [-0.25, -0.2) is 0 Å². The molecule has 0 spiro atoms. The van der Waals surface area contributed by atoms with Crippen molar-refractivity contribution in [1.82, 2.24) is 15.1 Å². The van der Waals surface area contributed by atoms with Crippen LogP contribution in [0.15, 0.2) is 11.1 Å². The molecule has 0 saturated carbocycles. The van der Waals surface area contributed by atoms with Crippen molar-refractivity contribution >= 4 is 11.8 Å². The monoisotopic (exact) mass is 241 g/mol. The first-order valence-corrected chi connectivity index (χ1v) is 7.02. The fourth-order valence-electron chi connectivity index (χ4n) is 1.72. The van der Waals surface area contributed by atoms with Gasteiger partial charge in [0.15, 0.2) is 0 Å². The number of nitrogens with zero attached hydrogens (tertiary/aromatic N) is 2. The highest BCUT2D eigenvalue weighted by Crippen LogP contribution is 2.17. The van der Waals surface area contributed by atoms with Gasteiger partial charge in [-0.15, -0.1) is 11.8 Å². The van der Waals surface area contributed by atoms with Gasteiger partial charge in [0.25, 0.3) is 0 Å². The summed E-state index contributed by atoms with van der Waals surface area (Å²) in [6, 6.07) is 2.82. The molecule has 1 heterocycles. The third-order valence-corrected chi connectivity index (χ3v) is 3.82.